The minimum absolute atomic E-state index is 0.0533. The molecule has 5 nitrogen and oxygen atoms in total. The Morgan fingerprint density at radius 2 is 2.12 bits per heavy atom. The number of alkyl halides is 3. The van der Waals surface area contributed by atoms with Gasteiger partial charge >= 0.3 is 6.18 Å². The fourth-order valence-corrected chi connectivity index (χ4v) is 2.99. The molecule has 1 unspecified atom stereocenters. The first kappa shape index (κ1) is 17.5. The maximum absolute atomic E-state index is 12.9. The number of hydrogen-bond acceptors (Lipinski definition) is 3. The van der Waals surface area contributed by atoms with Gasteiger partial charge in [-0.1, -0.05) is 6.07 Å². The van der Waals surface area contributed by atoms with Crippen LogP contribution in [-0.2, 0) is 6.18 Å². The van der Waals surface area contributed by atoms with E-state index in [1.165, 1.54) is 23.0 Å². The van der Waals surface area contributed by atoms with E-state index in [4.69, 9.17) is 0 Å². The van der Waals surface area contributed by atoms with Gasteiger partial charge in [0.25, 0.3) is 5.91 Å². The summed E-state index contributed by atoms with van der Waals surface area (Å²) in [7, 11) is 0. The number of benzene rings is 1. The van der Waals surface area contributed by atoms with Gasteiger partial charge in [0.15, 0.2) is 0 Å². The normalized spacial score (nSPS) is 18.4. The Kier molecular flexibility index (Phi) is 4.55. The molecule has 1 fully saturated rings. The minimum Gasteiger partial charge on any atom is -0.333 e. The Labute approximate surface area is 143 Å². The molecule has 134 valence electrons. The second-order valence-electron chi connectivity index (χ2n) is 6.16. The predicted octanol–water partition coefficient (Wildman–Crippen LogP) is 2.63. The minimum atomic E-state index is -4.42. The van der Waals surface area contributed by atoms with E-state index >= 15 is 0 Å². The van der Waals surface area contributed by atoms with Crippen LogP contribution in [0.4, 0.5) is 13.2 Å². The molecule has 0 bridgehead atoms. The van der Waals surface area contributed by atoms with Crippen molar-refractivity contribution in [1.29, 1.82) is 0 Å². The predicted molar refractivity (Wildman–Crippen MR) is 86.7 cm³/mol. The average molecular weight is 352 g/mol. The third-order valence-corrected chi connectivity index (χ3v) is 4.42. The number of aromatic nitrogens is 2. The molecule has 2 heterocycles. The number of nitrogens with zero attached hydrogens (tertiary/aromatic N) is 3. The van der Waals surface area contributed by atoms with E-state index < -0.39 is 11.7 Å². The lowest BCUT2D eigenvalue weighted by atomic mass is 10.1. The molecule has 3 rings (SSSR count). The molecular formula is C17H19F3N4O. The molecule has 1 aliphatic rings. The van der Waals surface area contributed by atoms with E-state index in [1.807, 2.05) is 6.92 Å². The van der Waals surface area contributed by atoms with Gasteiger partial charge in [0, 0.05) is 25.7 Å². The number of hydrogen-bond donors (Lipinski definition) is 1. The van der Waals surface area contributed by atoms with Crippen LogP contribution in [0.2, 0.25) is 0 Å². The first-order valence-electron chi connectivity index (χ1n) is 8.03. The number of nitrogens with one attached hydrogen (secondary N) is 1. The van der Waals surface area contributed by atoms with Crippen molar-refractivity contribution in [3.63, 3.8) is 0 Å². The largest absolute Gasteiger partial charge is 0.416 e. The van der Waals surface area contributed by atoms with Gasteiger partial charge in [-0.2, -0.15) is 18.3 Å². The van der Waals surface area contributed by atoms with Gasteiger partial charge in [-0.15, -0.1) is 0 Å². The molecule has 8 heteroatoms. The van der Waals surface area contributed by atoms with Crippen LogP contribution in [0.5, 0.6) is 0 Å². The molecular weight excluding hydrogens is 333 g/mol. The van der Waals surface area contributed by atoms with Crippen molar-refractivity contribution in [3.8, 4) is 5.69 Å². The van der Waals surface area contributed by atoms with Gasteiger partial charge in [0.1, 0.15) is 0 Å². The molecule has 0 spiro atoms. The molecule has 1 saturated heterocycles. The van der Waals surface area contributed by atoms with Crippen LogP contribution in [-0.4, -0.2) is 46.3 Å². The van der Waals surface area contributed by atoms with Crippen LogP contribution >= 0.6 is 0 Å². The highest BCUT2D eigenvalue weighted by molar-refractivity contribution is 5.95. The summed E-state index contributed by atoms with van der Waals surface area (Å²) in [6, 6.07) is 4.96. The average Bonchev–Trinajstić information content (AvgIpc) is 2.95. The third-order valence-electron chi connectivity index (χ3n) is 4.42. The van der Waals surface area contributed by atoms with E-state index in [1.54, 1.807) is 11.8 Å². The molecule has 1 atom stereocenters. The van der Waals surface area contributed by atoms with Crippen molar-refractivity contribution in [2.24, 2.45) is 0 Å². The second kappa shape index (κ2) is 6.51. The Morgan fingerprint density at radius 3 is 2.80 bits per heavy atom. The maximum atomic E-state index is 12.9. The first-order chi connectivity index (χ1) is 11.8. The van der Waals surface area contributed by atoms with Gasteiger partial charge in [0.2, 0.25) is 0 Å². The number of halogens is 3. The molecule has 0 radical (unpaired) electrons. The van der Waals surface area contributed by atoms with Crippen molar-refractivity contribution < 1.29 is 18.0 Å². The van der Waals surface area contributed by atoms with Crippen molar-refractivity contribution in [3.05, 3.63) is 47.3 Å². The molecule has 1 aliphatic heterocycles. The van der Waals surface area contributed by atoms with E-state index in [-0.39, 0.29) is 17.6 Å². The Morgan fingerprint density at radius 1 is 1.36 bits per heavy atom. The van der Waals surface area contributed by atoms with Crippen LogP contribution < -0.4 is 5.32 Å². The third kappa shape index (κ3) is 3.39. The monoisotopic (exact) mass is 352 g/mol. The number of carbonyl (C=O) groups is 1. The van der Waals surface area contributed by atoms with Crippen molar-refractivity contribution in [1.82, 2.24) is 20.0 Å². The van der Waals surface area contributed by atoms with Crippen LogP contribution in [0.3, 0.4) is 0 Å². The highest BCUT2D eigenvalue weighted by atomic mass is 19.4. The topological polar surface area (TPSA) is 50.2 Å². The molecule has 2 aromatic rings. The van der Waals surface area contributed by atoms with E-state index in [2.05, 4.69) is 10.4 Å². The number of amides is 1. The quantitative estimate of drug-likeness (QED) is 0.904. The smallest absolute Gasteiger partial charge is 0.333 e. The van der Waals surface area contributed by atoms with Gasteiger partial charge in [-0.05, 0) is 32.0 Å². The lowest BCUT2D eigenvalue weighted by molar-refractivity contribution is -0.137. The van der Waals surface area contributed by atoms with Gasteiger partial charge in [0.05, 0.1) is 28.7 Å². The van der Waals surface area contributed by atoms with E-state index in [9.17, 15) is 18.0 Å². The number of piperazine rings is 1. The summed E-state index contributed by atoms with van der Waals surface area (Å²) in [6.07, 6.45) is -3.00. The molecule has 0 aliphatic carbocycles. The molecule has 25 heavy (non-hydrogen) atoms. The van der Waals surface area contributed by atoms with Gasteiger partial charge < -0.3 is 10.2 Å². The van der Waals surface area contributed by atoms with Crippen LogP contribution in [0.15, 0.2) is 30.5 Å². The summed E-state index contributed by atoms with van der Waals surface area (Å²) >= 11 is 0. The molecule has 1 amide bonds. The highest BCUT2D eigenvalue weighted by Crippen LogP contribution is 2.30. The lowest BCUT2D eigenvalue weighted by Gasteiger charge is -2.33. The van der Waals surface area contributed by atoms with E-state index in [0.717, 1.165) is 18.7 Å². The van der Waals surface area contributed by atoms with E-state index in [0.29, 0.717) is 24.3 Å². The Hall–Kier alpha value is -2.35. The summed E-state index contributed by atoms with van der Waals surface area (Å²) in [5, 5.41) is 7.35. The standard InChI is InChI=1S/C17H19F3N4O/c1-11-9-21-6-7-23(11)16(25)15-10-22-24(12(15)2)14-5-3-4-13(8-14)17(18,19)20/h3-5,8,10-11,21H,6-7,9H2,1-2H3. The van der Waals surface area contributed by atoms with Crippen LogP contribution in [0.25, 0.3) is 5.69 Å². The summed E-state index contributed by atoms with van der Waals surface area (Å²) in [5.41, 5.74) is 0.462. The first-order valence-corrected chi connectivity index (χ1v) is 8.03. The SMILES string of the molecule is Cc1c(C(=O)N2CCNCC2C)cnn1-c1cccc(C(F)(F)F)c1. The summed E-state index contributed by atoms with van der Waals surface area (Å²) in [5.74, 6) is -0.148. The zero-order chi connectivity index (χ0) is 18.2. The molecule has 1 aromatic heterocycles. The molecule has 1 aromatic carbocycles. The highest BCUT2D eigenvalue weighted by Gasteiger charge is 2.31. The molecule has 0 saturated carbocycles. The maximum Gasteiger partial charge on any atom is 0.416 e. The Balaban J connectivity index is 1.93. The van der Waals surface area contributed by atoms with Crippen molar-refractivity contribution in [2.45, 2.75) is 26.1 Å². The zero-order valence-corrected chi connectivity index (χ0v) is 14.0. The van der Waals surface area contributed by atoms with Gasteiger partial charge in [-0.3, -0.25) is 4.79 Å². The van der Waals surface area contributed by atoms with Crippen LogP contribution in [0.1, 0.15) is 28.5 Å². The summed E-state index contributed by atoms with van der Waals surface area (Å²) < 4.78 is 40.1. The molecule has 1 N–H and O–H groups in total. The zero-order valence-electron chi connectivity index (χ0n) is 14.0. The number of rotatable bonds is 2. The Bertz CT molecular complexity index is 784. The van der Waals surface area contributed by atoms with Crippen molar-refractivity contribution >= 4 is 5.91 Å². The van der Waals surface area contributed by atoms with Crippen LogP contribution in [0, 0.1) is 6.92 Å². The fraction of sp³-hybridized carbons (Fsp3) is 0.412. The summed E-state index contributed by atoms with van der Waals surface area (Å²) in [4.78, 5) is 14.5. The number of carbonyl (C=O) groups excluding carboxylic acids is 1. The van der Waals surface area contributed by atoms with Crippen molar-refractivity contribution in [2.75, 3.05) is 19.6 Å². The second-order valence-corrected chi connectivity index (χ2v) is 6.16. The van der Waals surface area contributed by atoms with Gasteiger partial charge in [-0.25, -0.2) is 4.68 Å². The summed E-state index contributed by atoms with van der Waals surface area (Å²) in [6.45, 7) is 5.67. The fourth-order valence-electron chi connectivity index (χ4n) is 2.99. The lowest BCUT2D eigenvalue weighted by Crippen LogP contribution is -2.52.